The molecule has 4 aliphatic rings. The fourth-order valence-electron chi connectivity index (χ4n) is 8.17. The zero-order valence-corrected chi connectivity index (χ0v) is 25.2. The minimum Gasteiger partial charge on any atom is -0.508 e. The summed E-state index contributed by atoms with van der Waals surface area (Å²) in [7, 11) is 0. The van der Waals surface area contributed by atoms with Crippen LogP contribution in [-0.4, -0.2) is 81.0 Å². The number of anilines is 1. The van der Waals surface area contributed by atoms with Gasteiger partial charge in [-0.05, 0) is 60.3 Å². The first kappa shape index (κ1) is 29.6. The molecule has 0 amide bonds. The molecule has 4 saturated heterocycles. The highest BCUT2D eigenvalue weighted by atomic mass is 19.2. The van der Waals surface area contributed by atoms with E-state index in [0.717, 1.165) is 19.4 Å². The summed E-state index contributed by atoms with van der Waals surface area (Å²) < 4.78 is 83.4. The summed E-state index contributed by atoms with van der Waals surface area (Å²) >= 11 is 0. The third kappa shape index (κ3) is 4.64. The number of hydrogen-bond acceptors (Lipinski definition) is 8. The maximum Gasteiger partial charge on any atom is 0.319 e. The average molecular weight is 641 g/mol. The van der Waals surface area contributed by atoms with Gasteiger partial charge in [-0.2, -0.15) is 9.97 Å². The van der Waals surface area contributed by atoms with Crippen LogP contribution in [0.15, 0.2) is 30.5 Å². The molecule has 6 heterocycles. The summed E-state index contributed by atoms with van der Waals surface area (Å²) in [6, 6.07) is 5.39. The number of fused-ring (bicyclic) bond motifs is 5. The summed E-state index contributed by atoms with van der Waals surface area (Å²) in [5.41, 5.74) is -0.439. The largest absolute Gasteiger partial charge is 0.508 e. The molecule has 242 valence electrons. The quantitative estimate of drug-likeness (QED) is 0.200. The first-order valence-electron chi connectivity index (χ1n) is 15.7. The van der Waals surface area contributed by atoms with Crippen LogP contribution >= 0.6 is 0 Å². The number of aromatic hydroxyl groups is 1. The van der Waals surface area contributed by atoms with Gasteiger partial charge < -0.3 is 14.7 Å². The highest BCUT2D eigenvalue weighted by Gasteiger charge is 2.55. The number of hydrogen-bond donors (Lipinski definition) is 2. The van der Waals surface area contributed by atoms with Crippen LogP contribution in [0.4, 0.5) is 27.8 Å². The van der Waals surface area contributed by atoms with E-state index in [4.69, 9.17) is 4.74 Å². The first-order valence-corrected chi connectivity index (χ1v) is 15.7. The van der Waals surface area contributed by atoms with Gasteiger partial charge in [0.25, 0.3) is 0 Å². The highest BCUT2D eigenvalue weighted by molar-refractivity contribution is 6.01. The lowest BCUT2D eigenvalue weighted by molar-refractivity contribution is 0.0435. The summed E-state index contributed by atoms with van der Waals surface area (Å²) in [5, 5.41) is 14.0. The summed E-state index contributed by atoms with van der Waals surface area (Å²) in [5.74, 6) is -5.49. The summed E-state index contributed by atoms with van der Waals surface area (Å²) in [6.07, 6.45) is 2.48. The van der Waals surface area contributed by atoms with E-state index >= 15 is 13.2 Å². The third-order valence-electron chi connectivity index (χ3n) is 10.2. The van der Waals surface area contributed by atoms with Crippen molar-refractivity contribution in [1.82, 2.24) is 25.2 Å². The molecule has 4 atom stereocenters. The second-order valence-corrected chi connectivity index (χ2v) is 13.3. The fraction of sp³-hybridized carbons (Fsp3) is 0.485. The molecule has 8 nitrogen and oxygen atoms in total. The normalized spacial score (nSPS) is 29.3. The van der Waals surface area contributed by atoms with Crippen molar-refractivity contribution >= 4 is 27.5 Å². The van der Waals surface area contributed by atoms with E-state index < -0.39 is 34.9 Å². The van der Waals surface area contributed by atoms with Crippen LogP contribution in [0.3, 0.4) is 0 Å². The van der Waals surface area contributed by atoms with Gasteiger partial charge in [0.2, 0.25) is 0 Å². The van der Waals surface area contributed by atoms with Crippen molar-refractivity contribution in [3.63, 3.8) is 0 Å². The molecule has 8 rings (SSSR count). The molecular weight excluding hydrogens is 607 g/mol. The van der Waals surface area contributed by atoms with Crippen LogP contribution < -0.4 is 15.0 Å². The molecule has 0 unspecified atom stereocenters. The Hall–Kier alpha value is -3.84. The lowest BCUT2D eigenvalue weighted by atomic mass is 9.94. The first-order chi connectivity index (χ1) is 22.0. The number of alkyl halides is 3. The Morgan fingerprint density at radius 2 is 1.87 bits per heavy atom. The van der Waals surface area contributed by atoms with Gasteiger partial charge in [0.15, 0.2) is 17.4 Å². The molecule has 2 aromatic carbocycles. The average Bonchev–Trinajstić information content (AvgIpc) is 3.61. The number of benzene rings is 2. The van der Waals surface area contributed by atoms with Crippen LogP contribution in [0.1, 0.15) is 44.6 Å². The molecule has 2 aromatic heterocycles. The molecule has 4 aliphatic heterocycles. The maximum atomic E-state index is 16.8. The number of pyridine rings is 1. The third-order valence-corrected chi connectivity index (χ3v) is 10.2. The second-order valence-electron chi connectivity index (χ2n) is 13.3. The van der Waals surface area contributed by atoms with Crippen LogP contribution in [0.2, 0.25) is 0 Å². The smallest absolute Gasteiger partial charge is 0.319 e. The van der Waals surface area contributed by atoms with Gasteiger partial charge >= 0.3 is 6.01 Å². The Bertz CT molecular complexity index is 1880. The van der Waals surface area contributed by atoms with E-state index in [-0.39, 0.29) is 72.3 Å². The van der Waals surface area contributed by atoms with Crippen LogP contribution in [0.5, 0.6) is 11.8 Å². The number of nitrogens with zero attached hydrogens (tertiary/aromatic N) is 5. The van der Waals surface area contributed by atoms with Crippen LogP contribution in [0, 0.1) is 11.6 Å². The topological polar surface area (TPSA) is 86.6 Å². The van der Waals surface area contributed by atoms with Gasteiger partial charge in [-0.25, -0.2) is 27.3 Å². The van der Waals surface area contributed by atoms with Crippen LogP contribution in [0.25, 0.3) is 32.9 Å². The fourth-order valence-corrected chi connectivity index (χ4v) is 8.17. The van der Waals surface area contributed by atoms with E-state index in [1.165, 1.54) is 35.4 Å². The molecule has 0 saturated carbocycles. The van der Waals surface area contributed by atoms with Crippen molar-refractivity contribution in [3.05, 3.63) is 47.7 Å². The second kappa shape index (κ2) is 10.3. The number of phenolic OH excluding ortho intramolecular Hbond substituents is 1. The zero-order chi connectivity index (χ0) is 32.0. The van der Waals surface area contributed by atoms with Crippen molar-refractivity contribution in [1.29, 1.82) is 0 Å². The minimum absolute atomic E-state index is 0.0349. The molecule has 13 heteroatoms. The predicted molar refractivity (Wildman–Crippen MR) is 162 cm³/mol. The summed E-state index contributed by atoms with van der Waals surface area (Å²) in [4.78, 5) is 16.9. The summed E-state index contributed by atoms with van der Waals surface area (Å²) in [6.45, 7) is 2.41. The van der Waals surface area contributed by atoms with Crippen molar-refractivity contribution in [2.24, 2.45) is 0 Å². The number of aryl methyl sites for hydroxylation is 1. The monoisotopic (exact) mass is 640 g/mol. The number of rotatable bonds is 6. The Labute approximate surface area is 261 Å². The Morgan fingerprint density at radius 1 is 1.09 bits per heavy atom. The molecule has 0 spiro atoms. The maximum absolute atomic E-state index is 16.8. The number of halogens is 5. The molecule has 0 radical (unpaired) electrons. The lowest BCUT2D eigenvalue weighted by Crippen LogP contribution is -2.62. The molecular formula is C33H33F5N6O2. The van der Waals surface area contributed by atoms with Gasteiger partial charge in [0.05, 0.1) is 24.0 Å². The van der Waals surface area contributed by atoms with Gasteiger partial charge in [-0.1, -0.05) is 13.0 Å². The van der Waals surface area contributed by atoms with Gasteiger partial charge in [0, 0.05) is 37.6 Å². The van der Waals surface area contributed by atoms with Crippen LogP contribution in [-0.2, 0) is 6.42 Å². The van der Waals surface area contributed by atoms with E-state index in [1.807, 2.05) is 0 Å². The van der Waals surface area contributed by atoms with Crippen molar-refractivity contribution in [3.8, 4) is 23.0 Å². The number of aromatic nitrogens is 3. The Kier molecular flexibility index (Phi) is 6.64. The molecule has 46 heavy (non-hydrogen) atoms. The number of phenols is 1. The zero-order valence-electron chi connectivity index (χ0n) is 25.2. The van der Waals surface area contributed by atoms with E-state index in [2.05, 4.69) is 25.2 Å². The SMILES string of the molecule is CCc1c(F)ccc2cc(O)cc(-c3ncc4c(N5C[C@]6(F)CC[C@](F)(C5)N6)nc(OC[C@@]56CCCN5C[C@H](F)C6)nc4c3F)c12. The molecule has 4 fully saturated rings. The van der Waals surface area contributed by atoms with Crippen molar-refractivity contribution in [2.75, 3.05) is 37.7 Å². The molecule has 2 N–H and O–H groups in total. The molecule has 4 aromatic rings. The standard InChI is InChI=1S/C33H33F5N6O2/c1-2-21-24(35)5-4-18-10-20(45)11-22(25(18)21)27-26(36)28-23(13-39-27)29(43-15-32(37)7-8-33(38,16-43)42-32)41-30(40-28)46-17-31-6-3-9-44(31)14-19(34)12-31/h4-5,10-11,13,19,42,45H,2-3,6-9,12,14-17H2,1H3/t19-,31+,32-,33+/m1/s1. The number of ether oxygens (including phenoxy) is 1. The van der Waals surface area contributed by atoms with E-state index in [0.29, 0.717) is 35.7 Å². The van der Waals surface area contributed by atoms with E-state index in [1.54, 1.807) is 6.92 Å². The lowest BCUT2D eigenvalue weighted by Gasteiger charge is -2.40. The van der Waals surface area contributed by atoms with Gasteiger partial charge in [-0.15, -0.1) is 0 Å². The number of nitrogens with one attached hydrogen (secondary N) is 1. The Balaban J connectivity index is 1.29. The van der Waals surface area contributed by atoms with Crippen molar-refractivity contribution in [2.45, 2.75) is 68.7 Å². The highest BCUT2D eigenvalue weighted by Crippen LogP contribution is 2.44. The van der Waals surface area contributed by atoms with Gasteiger partial charge in [0.1, 0.15) is 41.4 Å². The predicted octanol–water partition coefficient (Wildman–Crippen LogP) is 5.88. The molecule has 2 bridgehead atoms. The van der Waals surface area contributed by atoms with E-state index in [9.17, 15) is 13.9 Å². The van der Waals surface area contributed by atoms with Gasteiger partial charge in [-0.3, -0.25) is 9.88 Å². The Morgan fingerprint density at radius 3 is 2.63 bits per heavy atom. The minimum atomic E-state index is -2.01. The number of piperazine rings is 1. The molecule has 0 aliphatic carbocycles. The van der Waals surface area contributed by atoms with Crippen molar-refractivity contribution < 1.29 is 31.8 Å².